The lowest BCUT2D eigenvalue weighted by atomic mass is 10.00. The Morgan fingerprint density at radius 2 is 1.00 bits per heavy atom. The minimum absolute atomic E-state index is 0.870. The summed E-state index contributed by atoms with van der Waals surface area (Å²) in [5.41, 5.74) is 8.53. The molecule has 0 saturated heterocycles. The first-order valence-electron chi connectivity index (χ1n) is 17.4. The van der Waals surface area contributed by atoms with Crippen molar-refractivity contribution in [3.8, 4) is 5.69 Å². The van der Waals surface area contributed by atoms with Crippen LogP contribution in [-0.2, 0) is 0 Å². The van der Waals surface area contributed by atoms with E-state index < -0.39 is 0 Å². The van der Waals surface area contributed by atoms with E-state index in [-0.39, 0.29) is 0 Å². The maximum Gasteiger partial charge on any atom is 0.143 e. The molecule has 3 heteroatoms. The van der Waals surface area contributed by atoms with Crippen molar-refractivity contribution in [2.24, 2.45) is 0 Å². The first kappa shape index (κ1) is 28.0. The number of benzene rings is 9. The van der Waals surface area contributed by atoms with Crippen molar-refractivity contribution in [2.75, 3.05) is 4.90 Å². The molecule has 0 aliphatic rings. The van der Waals surface area contributed by atoms with Crippen molar-refractivity contribution in [2.45, 2.75) is 0 Å². The second-order valence-corrected chi connectivity index (χ2v) is 13.3. The van der Waals surface area contributed by atoms with Gasteiger partial charge in [0.25, 0.3) is 0 Å². The number of hydrogen-bond donors (Lipinski definition) is 0. The predicted molar refractivity (Wildman–Crippen MR) is 215 cm³/mol. The number of fused-ring (bicyclic) bond motifs is 11. The molecule has 0 unspecified atom stereocenters. The lowest BCUT2D eigenvalue weighted by molar-refractivity contribution is 0.672. The minimum atomic E-state index is 0.870. The van der Waals surface area contributed by atoms with Gasteiger partial charge in [0.15, 0.2) is 0 Å². The van der Waals surface area contributed by atoms with Crippen molar-refractivity contribution in [1.82, 2.24) is 4.57 Å². The van der Waals surface area contributed by atoms with Gasteiger partial charge in [-0.1, -0.05) is 121 Å². The quantitative estimate of drug-likeness (QED) is 0.177. The first-order chi connectivity index (χ1) is 25.3. The van der Waals surface area contributed by atoms with Crippen LogP contribution < -0.4 is 4.90 Å². The maximum atomic E-state index is 6.74. The summed E-state index contributed by atoms with van der Waals surface area (Å²) in [6.45, 7) is 0. The molecule has 0 N–H and O–H groups in total. The molecule has 11 rings (SSSR count). The summed E-state index contributed by atoms with van der Waals surface area (Å²) < 4.78 is 9.12. The van der Waals surface area contributed by atoms with Gasteiger partial charge < -0.3 is 13.9 Å². The highest BCUT2D eigenvalue weighted by atomic mass is 16.3. The summed E-state index contributed by atoms with van der Waals surface area (Å²) in [5.74, 6) is 0. The summed E-state index contributed by atoms with van der Waals surface area (Å²) in [4.78, 5) is 2.45. The molecule has 2 aromatic heterocycles. The van der Waals surface area contributed by atoms with E-state index in [1.54, 1.807) is 0 Å². The van der Waals surface area contributed by atoms with E-state index in [0.29, 0.717) is 0 Å². The lowest BCUT2D eigenvalue weighted by Gasteiger charge is -2.27. The van der Waals surface area contributed by atoms with Crippen LogP contribution in [0.2, 0.25) is 0 Å². The zero-order chi connectivity index (χ0) is 33.5. The van der Waals surface area contributed by atoms with Crippen LogP contribution in [0.1, 0.15) is 0 Å². The molecule has 0 amide bonds. The van der Waals surface area contributed by atoms with Gasteiger partial charge in [0.05, 0.1) is 27.8 Å². The van der Waals surface area contributed by atoms with Gasteiger partial charge in [0.1, 0.15) is 11.2 Å². The highest BCUT2D eigenvalue weighted by molar-refractivity contribution is 6.22. The van der Waals surface area contributed by atoms with Gasteiger partial charge >= 0.3 is 0 Å². The fraction of sp³-hybridized carbons (Fsp3) is 0. The Labute approximate surface area is 293 Å². The zero-order valence-corrected chi connectivity index (χ0v) is 27.6. The molecule has 0 radical (unpaired) electrons. The Hall–Kier alpha value is -6.84. The second kappa shape index (κ2) is 10.8. The Morgan fingerprint density at radius 1 is 0.392 bits per heavy atom. The molecule has 11 aromatic rings. The van der Waals surface area contributed by atoms with Gasteiger partial charge in [-0.15, -0.1) is 0 Å². The van der Waals surface area contributed by atoms with Gasteiger partial charge in [0.2, 0.25) is 0 Å². The normalized spacial score (nSPS) is 11.9. The molecule has 3 nitrogen and oxygen atoms in total. The number of para-hydroxylation sites is 2. The van der Waals surface area contributed by atoms with Gasteiger partial charge in [-0.2, -0.15) is 0 Å². The number of furan rings is 1. The number of anilines is 3. The number of nitrogens with zero attached hydrogens (tertiary/aromatic N) is 2. The topological polar surface area (TPSA) is 21.3 Å². The fourth-order valence-corrected chi connectivity index (χ4v) is 8.31. The molecule has 0 bridgehead atoms. The number of rotatable bonds is 4. The van der Waals surface area contributed by atoms with Crippen LogP contribution >= 0.6 is 0 Å². The van der Waals surface area contributed by atoms with E-state index in [9.17, 15) is 0 Å². The van der Waals surface area contributed by atoms with E-state index in [4.69, 9.17) is 4.42 Å². The summed E-state index contributed by atoms with van der Waals surface area (Å²) in [6, 6.07) is 65.5. The molecule has 238 valence electrons. The van der Waals surface area contributed by atoms with Gasteiger partial charge in [-0.05, 0) is 87.6 Å². The van der Waals surface area contributed by atoms with E-state index in [1.165, 1.54) is 43.2 Å². The number of hydrogen-bond acceptors (Lipinski definition) is 2. The van der Waals surface area contributed by atoms with Crippen molar-refractivity contribution in [1.29, 1.82) is 0 Å². The Balaban J connectivity index is 1.27. The Morgan fingerprint density at radius 3 is 1.86 bits per heavy atom. The van der Waals surface area contributed by atoms with Crippen LogP contribution in [0.3, 0.4) is 0 Å². The third kappa shape index (κ3) is 4.12. The Bertz CT molecular complexity index is 3150. The standard InChI is InChI=1S/C48H30N2O/c1-2-14-34(15-3-1)49-41-19-9-8-18-39(41)46-42(49)20-10-21-43(46)50(35-27-29-37-33(30-35)25-24-31-12-4-6-16-36(31)37)44-22-11-23-45-47(44)40-28-26-32-13-5-7-17-38(32)48(40)51-45/h1-30H. The molecule has 0 spiro atoms. The SMILES string of the molecule is c1ccc(-n2c3ccccc3c3c(N(c4ccc5c(ccc6ccccc65)c4)c4cccc5oc6c7ccccc7ccc6c45)cccc32)cc1. The van der Waals surface area contributed by atoms with Crippen molar-refractivity contribution in [3.63, 3.8) is 0 Å². The van der Waals surface area contributed by atoms with Crippen molar-refractivity contribution >= 4 is 93.1 Å². The van der Waals surface area contributed by atoms with Crippen LogP contribution in [0.4, 0.5) is 17.1 Å². The van der Waals surface area contributed by atoms with E-state index in [0.717, 1.165) is 55.6 Å². The second-order valence-electron chi connectivity index (χ2n) is 13.3. The van der Waals surface area contributed by atoms with Gasteiger partial charge in [-0.25, -0.2) is 0 Å². The Kier molecular flexibility index (Phi) is 5.96. The predicted octanol–water partition coefficient (Wildman–Crippen LogP) is 13.6. The molecule has 0 aliphatic carbocycles. The van der Waals surface area contributed by atoms with E-state index in [2.05, 4.69) is 191 Å². The largest absolute Gasteiger partial charge is 0.455 e. The summed E-state index contributed by atoms with van der Waals surface area (Å²) in [7, 11) is 0. The average Bonchev–Trinajstić information content (AvgIpc) is 3.75. The third-order valence-electron chi connectivity index (χ3n) is 10.5. The van der Waals surface area contributed by atoms with Crippen molar-refractivity contribution < 1.29 is 4.42 Å². The third-order valence-corrected chi connectivity index (χ3v) is 10.5. The maximum absolute atomic E-state index is 6.74. The molecule has 0 saturated carbocycles. The van der Waals surface area contributed by atoms with E-state index >= 15 is 0 Å². The fourth-order valence-electron chi connectivity index (χ4n) is 8.31. The monoisotopic (exact) mass is 650 g/mol. The lowest BCUT2D eigenvalue weighted by Crippen LogP contribution is -2.11. The highest BCUT2D eigenvalue weighted by Crippen LogP contribution is 2.48. The molecule has 51 heavy (non-hydrogen) atoms. The molecule has 0 fully saturated rings. The highest BCUT2D eigenvalue weighted by Gasteiger charge is 2.24. The summed E-state index contributed by atoms with van der Waals surface area (Å²) >= 11 is 0. The number of aromatic nitrogens is 1. The molecular weight excluding hydrogens is 621 g/mol. The molecule has 2 heterocycles. The van der Waals surface area contributed by atoms with Crippen LogP contribution in [0, 0.1) is 0 Å². The molecular formula is C48H30N2O. The smallest absolute Gasteiger partial charge is 0.143 e. The van der Waals surface area contributed by atoms with Crippen LogP contribution in [0.5, 0.6) is 0 Å². The average molecular weight is 651 g/mol. The molecule has 0 atom stereocenters. The first-order valence-corrected chi connectivity index (χ1v) is 17.4. The van der Waals surface area contributed by atoms with Crippen molar-refractivity contribution in [3.05, 3.63) is 182 Å². The zero-order valence-electron chi connectivity index (χ0n) is 27.6. The van der Waals surface area contributed by atoms with Gasteiger partial charge in [0, 0.05) is 32.9 Å². The molecule has 9 aromatic carbocycles. The summed E-state index contributed by atoms with van der Waals surface area (Å²) in [5, 5.41) is 11.8. The summed E-state index contributed by atoms with van der Waals surface area (Å²) in [6.07, 6.45) is 0. The van der Waals surface area contributed by atoms with Crippen LogP contribution in [0.15, 0.2) is 186 Å². The molecule has 0 aliphatic heterocycles. The van der Waals surface area contributed by atoms with Crippen LogP contribution in [0.25, 0.3) is 81.7 Å². The van der Waals surface area contributed by atoms with Crippen LogP contribution in [-0.4, -0.2) is 4.57 Å². The van der Waals surface area contributed by atoms with Gasteiger partial charge in [-0.3, -0.25) is 0 Å². The van der Waals surface area contributed by atoms with E-state index in [1.807, 2.05) is 0 Å². The minimum Gasteiger partial charge on any atom is -0.455 e.